The van der Waals surface area contributed by atoms with Crippen LogP contribution in [0.4, 0.5) is 0 Å². The molecule has 0 aliphatic carbocycles. The van der Waals surface area contributed by atoms with Gasteiger partial charge in [0.05, 0.1) is 61.0 Å². The second-order valence-electron chi connectivity index (χ2n) is 24.4. The molecule has 0 aromatic carbocycles. The van der Waals surface area contributed by atoms with Gasteiger partial charge in [-0.25, -0.2) is 49.8 Å². The molecule has 524 valence electrons. The van der Waals surface area contributed by atoms with E-state index in [0.29, 0.717) is 73.5 Å². The third kappa shape index (κ3) is 34.5. The summed E-state index contributed by atoms with van der Waals surface area (Å²) >= 11 is 7.37. The Balaban J connectivity index is 0.000000523. The van der Waals surface area contributed by atoms with Gasteiger partial charge in [-0.15, -0.1) is 0 Å². The number of nitrogens with zero attached hydrogens (tertiary/aromatic N) is 24. The summed E-state index contributed by atoms with van der Waals surface area (Å²) in [6.07, 6.45) is 31.1. The van der Waals surface area contributed by atoms with Crippen LogP contribution in [0.25, 0.3) is 0 Å². The molecule has 10 aromatic rings. The summed E-state index contributed by atoms with van der Waals surface area (Å²) in [6, 6.07) is 4.13. The molecule has 94 heavy (non-hydrogen) atoms. The molecule has 0 fully saturated rings. The smallest absolute Gasteiger partial charge is 0.176 e. The predicted octanol–water partition coefficient (Wildman–Crippen LogP) is 15.4. The lowest BCUT2D eigenvalue weighted by atomic mass is 10.2. The molecule has 10 rings (SSSR count). The number of hydrogen-bond acceptors (Lipinski definition) is 18. The summed E-state index contributed by atoms with van der Waals surface area (Å²) in [5, 5.41) is 18.3. The maximum absolute atomic E-state index is 5.90. The van der Waals surface area contributed by atoms with Gasteiger partial charge in [-0.2, -0.15) is 24.8 Å². The van der Waals surface area contributed by atoms with Crippen LogP contribution in [0.5, 0.6) is 0 Å². The molecule has 0 saturated carbocycles. The summed E-state index contributed by atoms with van der Waals surface area (Å²) < 4.78 is 31.3. The molecule has 0 saturated heterocycles. The molecular formula is C66H115ClN24O2S. The predicted molar refractivity (Wildman–Crippen MR) is 378 cm³/mol. The molecule has 0 N–H and O–H groups in total. The zero-order valence-electron chi connectivity index (χ0n) is 61.7. The van der Waals surface area contributed by atoms with Crippen molar-refractivity contribution in [2.24, 2.45) is 0 Å². The molecule has 0 spiro atoms. The number of halogens is 1. The van der Waals surface area contributed by atoms with Crippen molar-refractivity contribution in [2.75, 3.05) is 14.2 Å². The largest absolute Gasteiger partial charge is 0.378 e. The van der Waals surface area contributed by atoms with E-state index >= 15 is 0 Å². The average Bonchev–Trinajstić information content (AvgIpc) is 2.21. The van der Waals surface area contributed by atoms with Crippen molar-refractivity contribution in [3.05, 3.63) is 151 Å². The average molecular weight is 1340 g/mol. The molecule has 28 heteroatoms. The molecule has 10 heterocycles. The highest BCUT2D eigenvalue weighted by Crippen LogP contribution is 2.18. The first kappa shape index (κ1) is 84.4. The molecule has 10 aromatic heterocycles. The first-order chi connectivity index (χ1) is 44.4. The van der Waals surface area contributed by atoms with Gasteiger partial charge in [0.1, 0.15) is 66.4 Å². The molecular weight excluding hydrogens is 1230 g/mol. The molecule has 0 aliphatic heterocycles. The van der Waals surface area contributed by atoms with E-state index in [0.717, 1.165) is 57.6 Å². The Morgan fingerprint density at radius 2 is 0.936 bits per heavy atom. The van der Waals surface area contributed by atoms with Crippen LogP contribution in [0.3, 0.4) is 0 Å². The van der Waals surface area contributed by atoms with E-state index in [2.05, 4.69) is 251 Å². The van der Waals surface area contributed by atoms with Crippen LogP contribution >= 0.6 is 23.1 Å². The van der Waals surface area contributed by atoms with Crippen molar-refractivity contribution in [1.29, 1.82) is 0 Å². The lowest BCUT2D eigenvalue weighted by Crippen LogP contribution is -2.01. The van der Waals surface area contributed by atoms with Crippen molar-refractivity contribution >= 4 is 23.1 Å². The number of rotatable bonds is 16. The van der Waals surface area contributed by atoms with Crippen LogP contribution in [-0.4, -0.2) is 130 Å². The summed E-state index contributed by atoms with van der Waals surface area (Å²) in [5.74, 6) is 3.03. The van der Waals surface area contributed by atoms with Crippen molar-refractivity contribution in [1.82, 2.24) is 116 Å². The van der Waals surface area contributed by atoms with Crippen molar-refractivity contribution in [3.8, 4) is 0 Å². The fourth-order valence-corrected chi connectivity index (χ4v) is 7.63. The van der Waals surface area contributed by atoms with Gasteiger partial charge in [0.2, 0.25) is 0 Å². The first-order valence-electron chi connectivity index (χ1n) is 32.4. The van der Waals surface area contributed by atoms with E-state index in [-0.39, 0.29) is 0 Å². The number of hydrogen-bond donors (Lipinski definition) is 0. The monoisotopic (exact) mass is 1340 g/mol. The summed E-state index contributed by atoms with van der Waals surface area (Å²) in [5.41, 5.74) is 4.15. The summed E-state index contributed by atoms with van der Waals surface area (Å²) in [7, 11) is 3.31. The van der Waals surface area contributed by atoms with Crippen LogP contribution in [0, 0.1) is 20.8 Å². The lowest BCUT2D eigenvalue weighted by molar-refractivity contribution is 0.177. The van der Waals surface area contributed by atoms with Crippen molar-refractivity contribution < 1.29 is 9.47 Å². The Morgan fingerprint density at radius 3 is 1.21 bits per heavy atom. The molecule has 0 aliphatic rings. The van der Waals surface area contributed by atoms with Crippen LogP contribution in [0.2, 0.25) is 5.15 Å². The van der Waals surface area contributed by atoms with E-state index in [1.807, 2.05) is 83.3 Å². The number of ether oxygens (including phenoxy) is 2. The van der Waals surface area contributed by atoms with Crippen molar-refractivity contribution in [3.63, 3.8) is 0 Å². The van der Waals surface area contributed by atoms with Gasteiger partial charge in [-0.1, -0.05) is 39.3 Å². The Labute approximate surface area is 570 Å². The molecule has 0 atom stereocenters. The summed E-state index contributed by atoms with van der Waals surface area (Å²) in [4.78, 5) is 40.4. The van der Waals surface area contributed by atoms with E-state index in [1.165, 1.54) is 17.2 Å². The van der Waals surface area contributed by atoms with Gasteiger partial charge in [-0.3, -0.25) is 18.7 Å². The summed E-state index contributed by atoms with van der Waals surface area (Å²) in [6.45, 7) is 53.1. The minimum atomic E-state index is 0.369. The highest BCUT2D eigenvalue weighted by atomic mass is 35.5. The van der Waals surface area contributed by atoms with Crippen LogP contribution in [0.15, 0.2) is 101 Å². The van der Waals surface area contributed by atoms with Gasteiger partial charge in [-0.05, 0) is 163 Å². The number of aromatic nitrogens is 24. The zero-order chi connectivity index (χ0) is 71.0. The Bertz CT molecular complexity index is 3130. The third-order valence-corrected chi connectivity index (χ3v) is 14.2. The molecule has 0 bridgehead atoms. The fourth-order valence-electron chi connectivity index (χ4n) is 6.83. The fraction of sp³-hybridized carbons (Fsp3) is 0.621. The molecule has 0 amide bonds. The minimum Gasteiger partial charge on any atom is -0.378 e. The van der Waals surface area contributed by atoms with Gasteiger partial charge in [0, 0.05) is 112 Å². The second kappa shape index (κ2) is 46.5. The molecule has 0 unspecified atom stereocenters. The van der Waals surface area contributed by atoms with E-state index in [9.17, 15) is 0 Å². The Morgan fingerprint density at radius 1 is 0.436 bits per heavy atom. The number of imidazole rings is 5. The Kier molecular flexibility index (Phi) is 41.7. The van der Waals surface area contributed by atoms with Gasteiger partial charge in [0.15, 0.2) is 5.82 Å². The molecule has 0 radical (unpaired) electrons. The van der Waals surface area contributed by atoms with Crippen molar-refractivity contribution in [2.45, 2.75) is 259 Å². The lowest BCUT2D eigenvalue weighted by Gasteiger charge is -2.06. The van der Waals surface area contributed by atoms with E-state index < -0.39 is 0 Å². The second-order valence-corrected chi connectivity index (χ2v) is 25.6. The minimum absolute atomic E-state index is 0.369. The van der Waals surface area contributed by atoms with Crippen LogP contribution < -0.4 is 0 Å². The van der Waals surface area contributed by atoms with Gasteiger partial charge < -0.3 is 32.3 Å². The topological polar surface area (TPSA) is 256 Å². The standard InChI is InChI=1S/C8H14N2O.C8H14N2.C7H11ClN2.C7H13N3O.C7H13N3.C7H12N2.C6H11N3.C6H10N2.C5H9N3.C5H8N2S/c1-7(2)10-4-8(5-11-3)9-6-10;1-4-8-5-10(6-9-8)7(2)3;1-5(2)10-4-9-6(3)7(10)8;1-6(2)10-5-8-7(9-10)4-11-3;1-4-7-8-5-10(9-7)6(2)3;1-6(2)9-4-7(3)8-5-9;1-5(2)9-4-7-6(3)8-9;1-6(2)8-4-3-7-5-8;1-5(2)8-4-6-3-7-8;1-4(2)5-6-3-7-8-5/h4,6-7H,5H2,1-3H3;5-7H,4H2,1-3H3;4-5H,1-3H3;5-6H,4H2,1-3H3;5-6H,4H2,1-3H3;4-6H,1-3H3;4-5H,1-3H3;3-6H,1-2H3;3-5H,1-2H3;3-4H,1-2H3. The molecule has 26 nitrogen and oxygen atoms in total. The van der Waals surface area contributed by atoms with Gasteiger partial charge >= 0.3 is 0 Å². The maximum atomic E-state index is 5.90. The van der Waals surface area contributed by atoms with E-state index in [4.69, 9.17) is 21.1 Å². The van der Waals surface area contributed by atoms with E-state index in [1.54, 1.807) is 69.4 Å². The highest BCUT2D eigenvalue weighted by Gasteiger charge is 2.07. The zero-order valence-corrected chi connectivity index (χ0v) is 63.2. The number of methoxy groups -OCH3 is 2. The van der Waals surface area contributed by atoms with Crippen LogP contribution in [-0.2, 0) is 35.5 Å². The van der Waals surface area contributed by atoms with Crippen LogP contribution in [0.1, 0.15) is 258 Å². The normalized spacial score (nSPS) is 10.7. The quantitative estimate of drug-likeness (QED) is 0.0871. The highest BCUT2D eigenvalue weighted by molar-refractivity contribution is 7.05. The first-order valence-corrected chi connectivity index (χ1v) is 33.5. The SMILES string of the molecule is CC(C)c1ncns1.CC(C)n1ccnc1.CC(C)n1cncn1.CCc1cn(C(C)C)cn1.CCc1ncn(C(C)C)n1.COCc1cn(C(C)C)cn1.COCc1ncn(C(C)C)n1.Cc1cn(C(C)C)cn1.Cc1ncn(C(C)C)c1Cl.Cc1ncn(C(C)C)n1. The number of aryl methyl sites for hydroxylation is 5. The third-order valence-electron chi connectivity index (χ3n) is 12.8. The maximum Gasteiger partial charge on any atom is 0.176 e. The Hall–Kier alpha value is -7.62. The van der Waals surface area contributed by atoms with Gasteiger partial charge in [0.25, 0.3) is 0 Å².